The molecule has 7 nitrogen and oxygen atoms in total. The first-order chi connectivity index (χ1) is 8.11. The molecule has 5 N–H and O–H groups in total. The van der Waals surface area contributed by atoms with Crippen LogP contribution in [-0.4, -0.2) is 31.1 Å². The van der Waals surface area contributed by atoms with Crippen molar-refractivity contribution < 1.29 is 17.8 Å². The Morgan fingerprint density at radius 1 is 1.44 bits per heavy atom. The summed E-state index contributed by atoms with van der Waals surface area (Å²) in [6, 6.07) is 0. The summed E-state index contributed by atoms with van der Waals surface area (Å²) in [4.78, 5) is 11.4. The largest absolute Gasteiger partial charge is 0.370 e. The number of carbonyl (C=O) groups excluding carboxylic acids is 1. The van der Waals surface area contributed by atoms with E-state index in [4.69, 9.17) is 15.7 Å². The fraction of sp³-hybridized carbons (Fsp3) is 0.800. The van der Waals surface area contributed by atoms with Crippen molar-refractivity contribution in [2.24, 2.45) is 11.7 Å². The van der Waals surface area contributed by atoms with Crippen LogP contribution in [0, 0.1) is 11.3 Å². The first-order valence-electron chi connectivity index (χ1n) is 5.69. The number of hydrogen-bond donors (Lipinski definition) is 4. The van der Waals surface area contributed by atoms with Gasteiger partial charge in [-0.1, -0.05) is 26.7 Å². The third-order valence-electron chi connectivity index (χ3n) is 2.03. The Bertz CT molecular complexity index is 346. The molecule has 0 aliphatic carbocycles. The molecule has 1 unspecified atom stereocenters. The molecule has 0 aromatic heterocycles. The summed E-state index contributed by atoms with van der Waals surface area (Å²) in [5.74, 6) is -0.382. The van der Waals surface area contributed by atoms with Gasteiger partial charge in [-0.25, -0.2) is 0 Å². The Kier molecular flexibility index (Phi) is 10.5. The molecule has 0 aliphatic heterocycles. The lowest BCUT2D eigenvalue weighted by Crippen LogP contribution is -2.39. The molecular formula is C10H23N3O4S. The highest BCUT2D eigenvalue weighted by molar-refractivity contribution is 7.85. The molecule has 8 heteroatoms. The normalized spacial score (nSPS) is 12.0. The molecular weight excluding hydrogens is 258 g/mol. The van der Waals surface area contributed by atoms with Crippen molar-refractivity contribution in [2.45, 2.75) is 39.5 Å². The standard InChI is InChI=1S/C9H19N3O.CH4O3S/c1-3-5-6-7(4-2)8(13)12-9(10)11;1-5(2,3)4/h7H,3-6H2,1-2H3,(H4,10,11,12,13);1H3,(H,2,3,4). The van der Waals surface area contributed by atoms with Gasteiger partial charge < -0.3 is 5.73 Å². The van der Waals surface area contributed by atoms with E-state index in [1.165, 1.54) is 0 Å². The summed E-state index contributed by atoms with van der Waals surface area (Å²) in [6.45, 7) is 4.07. The Labute approximate surface area is 108 Å². The van der Waals surface area contributed by atoms with Gasteiger partial charge in [0.25, 0.3) is 10.1 Å². The zero-order valence-electron chi connectivity index (χ0n) is 11.1. The molecule has 0 spiro atoms. The molecule has 0 radical (unpaired) electrons. The minimum Gasteiger partial charge on any atom is -0.370 e. The van der Waals surface area contributed by atoms with Crippen LogP contribution in [0.2, 0.25) is 0 Å². The van der Waals surface area contributed by atoms with Crippen LogP contribution in [-0.2, 0) is 14.9 Å². The molecule has 0 bridgehead atoms. The van der Waals surface area contributed by atoms with Gasteiger partial charge in [-0.15, -0.1) is 0 Å². The van der Waals surface area contributed by atoms with Crippen LogP contribution in [0.4, 0.5) is 0 Å². The fourth-order valence-electron chi connectivity index (χ4n) is 1.21. The summed E-state index contributed by atoms with van der Waals surface area (Å²) in [7, 11) is -3.67. The molecule has 0 rings (SSSR count). The molecule has 0 aromatic carbocycles. The molecule has 108 valence electrons. The van der Waals surface area contributed by atoms with Crippen molar-refractivity contribution in [3.8, 4) is 0 Å². The maximum atomic E-state index is 11.4. The number of nitrogens with one attached hydrogen (secondary N) is 2. The number of amides is 1. The lowest BCUT2D eigenvalue weighted by atomic mass is 9.99. The van der Waals surface area contributed by atoms with Gasteiger partial charge in [-0.3, -0.25) is 20.1 Å². The van der Waals surface area contributed by atoms with Crippen molar-refractivity contribution in [2.75, 3.05) is 6.26 Å². The summed E-state index contributed by atoms with van der Waals surface area (Å²) in [5.41, 5.74) is 5.07. The van der Waals surface area contributed by atoms with Crippen LogP contribution >= 0.6 is 0 Å². The van der Waals surface area contributed by atoms with E-state index < -0.39 is 10.1 Å². The highest BCUT2D eigenvalue weighted by Crippen LogP contribution is 2.12. The number of rotatable bonds is 5. The average Bonchev–Trinajstić information content (AvgIpc) is 2.15. The third kappa shape index (κ3) is 17.3. The SMILES string of the molecule is CCCCC(CC)C(=O)NC(=N)N.CS(=O)(=O)O. The van der Waals surface area contributed by atoms with Gasteiger partial charge >= 0.3 is 0 Å². The fourth-order valence-corrected chi connectivity index (χ4v) is 1.21. The molecule has 18 heavy (non-hydrogen) atoms. The van der Waals surface area contributed by atoms with Gasteiger partial charge in [0.05, 0.1) is 6.26 Å². The van der Waals surface area contributed by atoms with E-state index in [0.29, 0.717) is 6.26 Å². The maximum Gasteiger partial charge on any atom is 0.261 e. The topological polar surface area (TPSA) is 133 Å². The molecule has 0 aromatic rings. The minimum atomic E-state index is -3.67. The van der Waals surface area contributed by atoms with E-state index in [1.807, 2.05) is 6.92 Å². The van der Waals surface area contributed by atoms with E-state index in [-0.39, 0.29) is 17.8 Å². The monoisotopic (exact) mass is 281 g/mol. The third-order valence-corrected chi connectivity index (χ3v) is 2.03. The van der Waals surface area contributed by atoms with E-state index in [1.54, 1.807) is 0 Å². The number of unbranched alkanes of at least 4 members (excludes halogenated alkanes) is 1. The van der Waals surface area contributed by atoms with Gasteiger partial charge in [0, 0.05) is 5.92 Å². The first-order valence-corrected chi connectivity index (χ1v) is 7.53. The molecule has 0 aliphatic rings. The van der Waals surface area contributed by atoms with Gasteiger partial charge in [-0.05, 0) is 12.8 Å². The van der Waals surface area contributed by atoms with Gasteiger partial charge in [-0.2, -0.15) is 8.42 Å². The maximum absolute atomic E-state index is 11.4. The molecule has 0 fully saturated rings. The first kappa shape index (κ1) is 19.2. The van der Waals surface area contributed by atoms with E-state index in [9.17, 15) is 13.2 Å². The smallest absolute Gasteiger partial charge is 0.261 e. The van der Waals surface area contributed by atoms with Crippen LogP contribution in [0.15, 0.2) is 0 Å². The molecule has 0 saturated carbocycles. The summed E-state index contributed by atoms with van der Waals surface area (Å²) in [5, 5.41) is 9.24. The van der Waals surface area contributed by atoms with Gasteiger partial charge in [0.1, 0.15) is 0 Å². The Morgan fingerprint density at radius 3 is 2.17 bits per heavy atom. The Balaban J connectivity index is 0. The summed E-state index contributed by atoms with van der Waals surface area (Å²) >= 11 is 0. The Morgan fingerprint density at radius 2 is 1.89 bits per heavy atom. The highest BCUT2D eigenvalue weighted by Gasteiger charge is 2.15. The molecule has 0 saturated heterocycles. The second-order valence-corrected chi connectivity index (χ2v) is 5.35. The van der Waals surface area contributed by atoms with E-state index in [0.717, 1.165) is 25.7 Å². The summed E-state index contributed by atoms with van der Waals surface area (Å²) < 4.78 is 25.9. The van der Waals surface area contributed by atoms with Gasteiger partial charge in [0.15, 0.2) is 5.96 Å². The second-order valence-electron chi connectivity index (χ2n) is 3.88. The predicted molar refractivity (Wildman–Crippen MR) is 70.8 cm³/mol. The second kappa shape index (κ2) is 9.84. The van der Waals surface area contributed by atoms with Crippen molar-refractivity contribution in [1.29, 1.82) is 5.41 Å². The van der Waals surface area contributed by atoms with Crippen molar-refractivity contribution >= 4 is 22.0 Å². The lowest BCUT2D eigenvalue weighted by molar-refractivity contribution is -0.123. The van der Waals surface area contributed by atoms with Crippen molar-refractivity contribution in [3.05, 3.63) is 0 Å². The Hall–Kier alpha value is -1.15. The zero-order chi connectivity index (χ0) is 14.8. The minimum absolute atomic E-state index is 0.00356. The average molecular weight is 281 g/mol. The van der Waals surface area contributed by atoms with Crippen molar-refractivity contribution in [3.63, 3.8) is 0 Å². The summed E-state index contributed by atoms with van der Waals surface area (Å²) in [6.07, 6.45) is 4.53. The zero-order valence-corrected chi connectivity index (χ0v) is 11.9. The number of nitrogens with two attached hydrogens (primary N) is 1. The number of guanidine groups is 1. The van der Waals surface area contributed by atoms with Crippen LogP contribution in [0.3, 0.4) is 0 Å². The molecule has 0 heterocycles. The van der Waals surface area contributed by atoms with Crippen LogP contribution in [0.5, 0.6) is 0 Å². The predicted octanol–water partition coefficient (Wildman–Crippen LogP) is 0.716. The van der Waals surface area contributed by atoms with Crippen LogP contribution in [0.1, 0.15) is 39.5 Å². The quantitative estimate of drug-likeness (QED) is 0.334. The van der Waals surface area contributed by atoms with Crippen molar-refractivity contribution in [1.82, 2.24) is 5.32 Å². The molecule has 1 atom stereocenters. The van der Waals surface area contributed by atoms with Crippen LogP contribution in [0.25, 0.3) is 0 Å². The van der Waals surface area contributed by atoms with Crippen LogP contribution < -0.4 is 11.1 Å². The number of hydrogen-bond acceptors (Lipinski definition) is 4. The molecule has 1 amide bonds. The van der Waals surface area contributed by atoms with E-state index >= 15 is 0 Å². The highest BCUT2D eigenvalue weighted by atomic mass is 32.2. The van der Waals surface area contributed by atoms with Gasteiger partial charge in [0.2, 0.25) is 5.91 Å². The lowest BCUT2D eigenvalue weighted by Gasteiger charge is -2.13. The number of carbonyl (C=O) groups is 1. The van der Waals surface area contributed by atoms with E-state index in [2.05, 4.69) is 12.2 Å².